The maximum atomic E-state index is 12.5. The summed E-state index contributed by atoms with van der Waals surface area (Å²) in [7, 11) is -3.69. The first-order valence-electron chi connectivity index (χ1n) is 9.22. The molecule has 0 saturated carbocycles. The smallest absolute Gasteiger partial charge is 0.285 e. The molecule has 3 N–H and O–H groups in total. The second kappa shape index (κ2) is 7.49. The summed E-state index contributed by atoms with van der Waals surface area (Å²) in [6.07, 6.45) is 0. The van der Waals surface area contributed by atoms with E-state index in [1.54, 1.807) is 59.9 Å². The molecule has 10 heteroatoms. The zero-order valence-corrected chi connectivity index (χ0v) is 17.5. The van der Waals surface area contributed by atoms with Crippen LogP contribution in [0.4, 0.5) is 11.5 Å². The van der Waals surface area contributed by atoms with Crippen molar-refractivity contribution < 1.29 is 13.2 Å². The lowest BCUT2D eigenvalue weighted by atomic mass is 10.1. The van der Waals surface area contributed by atoms with E-state index in [-0.39, 0.29) is 16.6 Å². The zero-order chi connectivity index (χ0) is 21.4. The molecule has 0 atom stereocenters. The third kappa shape index (κ3) is 3.74. The van der Waals surface area contributed by atoms with Gasteiger partial charge in [-0.25, -0.2) is 0 Å². The van der Waals surface area contributed by atoms with Gasteiger partial charge in [0.1, 0.15) is 4.90 Å². The van der Waals surface area contributed by atoms with Crippen molar-refractivity contribution in [2.24, 2.45) is 4.40 Å². The Morgan fingerprint density at radius 3 is 2.58 bits per heavy atom. The number of anilines is 2. The van der Waals surface area contributed by atoms with Crippen LogP contribution in [0.2, 0.25) is 0 Å². The number of rotatable bonds is 4. The van der Waals surface area contributed by atoms with Crippen molar-refractivity contribution in [3.05, 3.63) is 83.2 Å². The number of fused-ring (bicyclic) bond motifs is 1. The third-order valence-electron chi connectivity index (χ3n) is 4.65. The topological polar surface area (TPSA) is 116 Å². The molecule has 5 rings (SSSR count). The number of aromatic nitrogens is 2. The largest absolute Gasteiger partial charge is 0.339 e. The maximum absolute atomic E-state index is 12.5. The predicted octanol–water partition coefficient (Wildman–Crippen LogP) is 3.95. The maximum Gasteiger partial charge on any atom is 0.285 e. The van der Waals surface area contributed by atoms with Crippen LogP contribution in [0.25, 0.3) is 10.6 Å². The van der Waals surface area contributed by atoms with Crippen molar-refractivity contribution in [2.75, 3.05) is 10.6 Å². The van der Waals surface area contributed by atoms with Gasteiger partial charge in [-0.1, -0.05) is 18.2 Å². The lowest BCUT2D eigenvalue weighted by Crippen LogP contribution is -2.13. The molecule has 2 aromatic carbocycles. The molecule has 3 heterocycles. The van der Waals surface area contributed by atoms with E-state index >= 15 is 0 Å². The van der Waals surface area contributed by atoms with Crippen molar-refractivity contribution >= 4 is 44.6 Å². The van der Waals surface area contributed by atoms with E-state index in [0.29, 0.717) is 22.6 Å². The Balaban J connectivity index is 1.29. The highest BCUT2D eigenvalue weighted by atomic mass is 32.2. The van der Waals surface area contributed by atoms with Gasteiger partial charge in [0.2, 0.25) is 0 Å². The van der Waals surface area contributed by atoms with Gasteiger partial charge in [0.05, 0.1) is 10.6 Å². The van der Waals surface area contributed by atoms with Crippen molar-refractivity contribution in [1.29, 1.82) is 0 Å². The Kier molecular flexibility index (Phi) is 4.64. The first kappa shape index (κ1) is 19.2. The number of sulfonamides is 1. The number of H-pyrrole nitrogens is 1. The predicted molar refractivity (Wildman–Crippen MR) is 120 cm³/mol. The second-order valence-corrected chi connectivity index (χ2v) is 9.23. The number of thiophene rings is 1. The molecule has 0 radical (unpaired) electrons. The summed E-state index contributed by atoms with van der Waals surface area (Å²) < 4.78 is 28.1. The van der Waals surface area contributed by atoms with Gasteiger partial charge in [0.15, 0.2) is 11.7 Å². The number of nitrogens with one attached hydrogen (secondary N) is 3. The number of aromatic amines is 1. The van der Waals surface area contributed by atoms with Gasteiger partial charge in [-0.15, -0.1) is 15.7 Å². The molecule has 8 nitrogen and oxygen atoms in total. The molecule has 2 aromatic heterocycles. The van der Waals surface area contributed by atoms with Crippen LogP contribution < -0.4 is 10.6 Å². The van der Waals surface area contributed by atoms with Gasteiger partial charge >= 0.3 is 0 Å². The summed E-state index contributed by atoms with van der Waals surface area (Å²) in [5, 5.41) is 14.8. The average Bonchev–Trinajstić information content (AvgIpc) is 3.49. The molecule has 1 amide bonds. The minimum Gasteiger partial charge on any atom is -0.339 e. The lowest BCUT2D eigenvalue weighted by molar-refractivity contribution is 0.102. The molecular weight excluding hydrogens is 434 g/mol. The van der Waals surface area contributed by atoms with Gasteiger partial charge in [0.25, 0.3) is 15.9 Å². The van der Waals surface area contributed by atoms with E-state index in [1.807, 2.05) is 17.5 Å². The van der Waals surface area contributed by atoms with Gasteiger partial charge in [-0.2, -0.15) is 13.5 Å². The number of carbonyl (C=O) groups is 1. The molecule has 4 aromatic rings. The summed E-state index contributed by atoms with van der Waals surface area (Å²) >= 11 is 1.58. The fourth-order valence-electron chi connectivity index (χ4n) is 3.17. The van der Waals surface area contributed by atoms with Crippen molar-refractivity contribution in [2.45, 2.75) is 4.90 Å². The molecule has 31 heavy (non-hydrogen) atoms. The number of hydrogen-bond donors (Lipinski definition) is 3. The standard InChI is InChI=1S/C21H15N5O3S2/c27-21(23-19-12-16(24-25-19)17-5-3-11-30-17)13-7-9-14(10-8-13)22-20-15-4-1-2-6-18(15)31(28,29)26-20/h1-12H,(H,22,26)(H2,23,24,25,27). The Morgan fingerprint density at radius 2 is 1.81 bits per heavy atom. The normalized spacial score (nSPS) is 14.0. The van der Waals surface area contributed by atoms with Gasteiger partial charge in [-0.05, 0) is 47.8 Å². The Hall–Kier alpha value is -3.76. The van der Waals surface area contributed by atoms with Gasteiger partial charge in [0, 0.05) is 22.9 Å². The number of amides is 1. The summed E-state index contributed by atoms with van der Waals surface area (Å²) in [5.74, 6) is 0.380. The van der Waals surface area contributed by atoms with Crippen LogP contribution in [0.3, 0.4) is 0 Å². The highest BCUT2D eigenvalue weighted by Gasteiger charge is 2.28. The van der Waals surface area contributed by atoms with Crippen LogP contribution >= 0.6 is 11.3 Å². The molecule has 0 saturated heterocycles. The Labute approximate surface area is 181 Å². The quantitative estimate of drug-likeness (QED) is 0.436. The van der Waals surface area contributed by atoms with E-state index in [0.717, 1.165) is 10.6 Å². The first-order chi connectivity index (χ1) is 15.0. The van der Waals surface area contributed by atoms with E-state index in [9.17, 15) is 13.2 Å². The van der Waals surface area contributed by atoms with E-state index in [2.05, 4.69) is 25.2 Å². The van der Waals surface area contributed by atoms with Crippen LogP contribution in [0.5, 0.6) is 0 Å². The zero-order valence-electron chi connectivity index (χ0n) is 15.9. The second-order valence-electron chi connectivity index (χ2n) is 6.71. The monoisotopic (exact) mass is 449 g/mol. The summed E-state index contributed by atoms with van der Waals surface area (Å²) in [4.78, 5) is 13.7. The molecule has 0 bridgehead atoms. The average molecular weight is 450 g/mol. The Bertz CT molecular complexity index is 1410. The van der Waals surface area contributed by atoms with Crippen LogP contribution in [0, 0.1) is 0 Å². The van der Waals surface area contributed by atoms with Crippen molar-refractivity contribution in [1.82, 2.24) is 10.2 Å². The van der Waals surface area contributed by atoms with Gasteiger partial charge in [-0.3, -0.25) is 9.89 Å². The van der Waals surface area contributed by atoms with Crippen molar-refractivity contribution in [3.8, 4) is 10.6 Å². The van der Waals surface area contributed by atoms with E-state index < -0.39 is 10.0 Å². The fraction of sp³-hybridized carbons (Fsp3) is 0. The van der Waals surface area contributed by atoms with Crippen molar-refractivity contribution in [3.63, 3.8) is 0 Å². The Morgan fingerprint density at radius 1 is 1.00 bits per heavy atom. The minimum absolute atomic E-state index is 0.175. The molecule has 1 aliphatic heterocycles. The first-order valence-corrected chi connectivity index (χ1v) is 11.5. The minimum atomic E-state index is -3.69. The van der Waals surface area contributed by atoms with Crippen LogP contribution in [0.1, 0.15) is 15.9 Å². The number of carbonyl (C=O) groups excluding carboxylic acids is 1. The molecule has 0 fully saturated rings. The van der Waals surface area contributed by atoms with Crippen LogP contribution in [0.15, 0.2) is 81.4 Å². The fourth-order valence-corrected chi connectivity index (χ4v) is 5.04. The number of hydrogen-bond acceptors (Lipinski definition) is 6. The molecule has 1 aliphatic rings. The summed E-state index contributed by atoms with van der Waals surface area (Å²) in [5.41, 5.74) is 2.40. The number of nitrogens with zero attached hydrogens (tertiary/aromatic N) is 2. The van der Waals surface area contributed by atoms with Crippen LogP contribution in [-0.4, -0.2) is 30.4 Å². The van der Waals surface area contributed by atoms with Gasteiger partial charge < -0.3 is 10.6 Å². The third-order valence-corrected chi connectivity index (χ3v) is 6.89. The lowest BCUT2D eigenvalue weighted by Gasteiger charge is -2.07. The summed E-state index contributed by atoms with van der Waals surface area (Å²) in [6, 6.07) is 19.0. The van der Waals surface area contributed by atoms with E-state index in [4.69, 9.17) is 0 Å². The number of amidine groups is 1. The number of benzene rings is 2. The van der Waals surface area contributed by atoms with Crippen LogP contribution in [-0.2, 0) is 10.0 Å². The highest BCUT2D eigenvalue weighted by molar-refractivity contribution is 7.90. The summed E-state index contributed by atoms with van der Waals surface area (Å²) in [6.45, 7) is 0. The molecule has 0 aliphatic carbocycles. The van der Waals surface area contributed by atoms with E-state index in [1.165, 1.54) is 6.07 Å². The molecular formula is C21H15N5O3S2. The molecule has 0 unspecified atom stereocenters. The molecule has 154 valence electrons. The highest BCUT2D eigenvalue weighted by Crippen LogP contribution is 2.27. The molecule has 0 spiro atoms. The SMILES string of the molecule is O=C(Nc1cc(-c2cccs2)[nH]n1)c1ccc(NC2=NS(=O)(=O)c3ccccc32)cc1.